The Kier molecular flexibility index (Phi) is 5.41. The maximum absolute atomic E-state index is 12.1. The van der Waals surface area contributed by atoms with Crippen molar-refractivity contribution in [1.82, 2.24) is 0 Å². The van der Waals surface area contributed by atoms with Crippen molar-refractivity contribution in [3.63, 3.8) is 0 Å². The minimum atomic E-state index is -0.534. The van der Waals surface area contributed by atoms with Crippen molar-refractivity contribution >= 4 is 12.3 Å². The van der Waals surface area contributed by atoms with E-state index in [9.17, 15) is 9.59 Å². The molecule has 0 fully saturated rings. The fourth-order valence-corrected chi connectivity index (χ4v) is 2.14. The number of methoxy groups -OCH3 is 1. The molecule has 23 heavy (non-hydrogen) atoms. The van der Waals surface area contributed by atoms with Gasteiger partial charge < -0.3 is 18.6 Å². The third kappa shape index (κ3) is 3.53. The molecule has 2 aromatic rings. The highest BCUT2D eigenvalue weighted by Crippen LogP contribution is 2.37. The molecular weight excluding hydrogens is 300 g/mol. The van der Waals surface area contributed by atoms with E-state index in [0.717, 1.165) is 0 Å². The number of aldehydes is 1. The van der Waals surface area contributed by atoms with Crippen LogP contribution in [0.3, 0.4) is 0 Å². The Hall–Kier alpha value is -2.76. The van der Waals surface area contributed by atoms with Crippen molar-refractivity contribution in [3.8, 4) is 22.8 Å². The van der Waals surface area contributed by atoms with Crippen LogP contribution < -0.4 is 9.47 Å². The molecule has 0 saturated heterocycles. The number of carbonyl (C=O) groups is 2. The van der Waals surface area contributed by atoms with Crippen LogP contribution in [0, 0.1) is 0 Å². The van der Waals surface area contributed by atoms with E-state index < -0.39 is 5.97 Å². The van der Waals surface area contributed by atoms with Crippen LogP contribution in [-0.2, 0) is 4.74 Å². The van der Waals surface area contributed by atoms with Crippen molar-refractivity contribution < 1.29 is 28.2 Å². The standard InChI is InChI=1S/C17H18O6/c1-4-21-15-8-12(14-7-6-11(10-18)23-14)13(17(19)20-3)9-16(15)22-5-2/h6-10H,4-5H2,1-3H3. The molecular formula is C17H18O6. The van der Waals surface area contributed by atoms with Gasteiger partial charge in [0.2, 0.25) is 0 Å². The summed E-state index contributed by atoms with van der Waals surface area (Å²) in [4.78, 5) is 22.9. The summed E-state index contributed by atoms with van der Waals surface area (Å²) in [5.41, 5.74) is 0.739. The second-order valence-electron chi connectivity index (χ2n) is 4.52. The summed E-state index contributed by atoms with van der Waals surface area (Å²) in [5.74, 6) is 0.939. The predicted molar refractivity (Wildman–Crippen MR) is 83.2 cm³/mol. The molecule has 0 atom stereocenters. The summed E-state index contributed by atoms with van der Waals surface area (Å²) in [6.45, 7) is 4.55. The second-order valence-corrected chi connectivity index (χ2v) is 4.52. The predicted octanol–water partition coefficient (Wildman–Crippen LogP) is 3.34. The maximum atomic E-state index is 12.1. The number of esters is 1. The van der Waals surface area contributed by atoms with Gasteiger partial charge in [-0.15, -0.1) is 0 Å². The lowest BCUT2D eigenvalue weighted by atomic mass is 10.0. The number of furan rings is 1. The minimum Gasteiger partial charge on any atom is -0.490 e. The number of carbonyl (C=O) groups excluding carboxylic acids is 2. The van der Waals surface area contributed by atoms with Crippen LogP contribution in [0.2, 0.25) is 0 Å². The molecule has 1 aromatic heterocycles. The van der Waals surface area contributed by atoms with Gasteiger partial charge in [0.25, 0.3) is 0 Å². The number of benzene rings is 1. The molecule has 0 bridgehead atoms. The van der Waals surface area contributed by atoms with Crippen molar-refractivity contribution in [2.75, 3.05) is 20.3 Å². The van der Waals surface area contributed by atoms with Gasteiger partial charge in [0.15, 0.2) is 23.5 Å². The van der Waals surface area contributed by atoms with Crippen molar-refractivity contribution in [2.24, 2.45) is 0 Å². The second kappa shape index (κ2) is 7.49. The van der Waals surface area contributed by atoms with Gasteiger partial charge in [-0.3, -0.25) is 4.79 Å². The first kappa shape index (κ1) is 16.6. The van der Waals surface area contributed by atoms with Crippen molar-refractivity contribution in [3.05, 3.63) is 35.6 Å². The van der Waals surface area contributed by atoms with Crippen LogP contribution >= 0.6 is 0 Å². The number of hydrogen-bond acceptors (Lipinski definition) is 6. The first-order valence-electron chi connectivity index (χ1n) is 7.21. The molecule has 2 rings (SSSR count). The van der Waals surface area contributed by atoms with E-state index in [-0.39, 0.29) is 11.3 Å². The van der Waals surface area contributed by atoms with Gasteiger partial charge in [0.1, 0.15) is 5.76 Å². The van der Waals surface area contributed by atoms with E-state index in [2.05, 4.69) is 0 Å². The zero-order valence-corrected chi connectivity index (χ0v) is 13.3. The summed E-state index contributed by atoms with van der Waals surface area (Å²) < 4.78 is 21.3. The fraction of sp³-hybridized carbons (Fsp3) is 0.294. The number of hydrogen-bond donors (Lipinski definition) is 0. The Bertz CT molecular complexity index is 701. The number of rotatable bonds is 7. The van der Waals surface area contributed by atoms with Crippen LogP contribution in [0.15, 0.2) is 28.7 Å². The Morgan fingerprint density at radius 2 is 1.78 bits per heavy atom. The van der Waals surface area contributed by atoms with Crippen LogP contribution in [-0.4, -0.2) is 32.6 Å². The Labute approximate surface area is 134 Å². The van der Waals surface area contributed by atoms with E-state index in [1.807, 2.05) is 13.8 Å². The first-order valence-corrected chi connectivity index (χ1v) is 7.21. The average molecular weight is 318 g/mol. The highest BCUT2D eigenvalue weighted by molar-refractivity contribution is 5.97. The highest BCUT2D eigenvalue weighted by Gasteiger charge is 2.21. The van der Waals surface area contributed by atoms with Crippen molar-refractivity contribution in [1.29, 1.82) is 0 Å². The SMILES string of the molecule is CCOc1cc(C(=O)OC)c(-c2ccc(C=O)o2)cc1OCC. The molecule has 0 aliphatic rings. The molecule has 0 aliphatic heterocycles. The lowest BCUT2D eigenvalue weighted by Gasteiger charge is -2.14. The third-order valence-corrected chi connectivity index (χ3v) is 3.10. The minimum absolute atomic E-state index is 0.169. The van der Waals surface area contributed by atoms with E-state index in [1.54, 1.807) is 18.2 Å². The van der Waals surface area contributed by atoms with Gasteiger partial charge >= 0.3 is 5.97 Å². The quantitative estimate of drug-likeness (QED) is 0.576. The normalized spacial score (nSPS) is 10.2. The van der Waals surface area contributed by atoms with Gasteiger partial charge in [0.05, 0.1) is 25.9 Å². The third-order valence-electron chi connectivity index (χ3n) is 3.10. The number of ether oxygens (including phenoxy) is 3. The Balaban J connectivity index is 2.63. The van der Waals surface area contributed by atoms with E-state index >= 15 is 0 Å². The molecule has 6 nitrogen and oxygen atoms in total. The van der Waals surface area contributed by atoms with Gasteiger partial charge in [-0.25, -0.2) is 4.79 Å². The fourth-order valence-electron chi connectivity index (χ4n) is 2.14. The molecule has 0 amide bonds. The summed E-state index contributed by atoms with van der Waals surface area (Å²) >= 11 is 0. The molecule has 122 valence electrons. The maximum Gasteiger partial charge on any atom is 0.338 e. The van der Waals surface area contributed by atoms with Crippen molar-refractivity contribution in [2.45, 2.75) is 13.8 Å². The van der Waals surface area contributed by atoms with Gasteiger partial charge in [0, 0.05) is 5.56 Å². The van der Waals surface area contributed by atoms with Crippen LogP contribution in [0.4, 0.5) is 0 Å². The van der Waals surface area contributed by atoms with E-state index in [4.69, 9.17) is 18.6 Å². The summed E-state index contributed by atoms with van der Waals surface area (Å²) in [6.07, 6.45) is 0.597. The average Bonchev–Trinajstić information content (AvgIpc) is 3.04. The zero-order chi connectivity index (χ0) is 16.8. The van der Waals surface area contributed by atoms with E-state index in [1.165, 1.54) is 13.2 Å². The van der Waals surface area contributed by atoms with Gasteiger partial charge in [-0.1, -0.05) is 0 Å². The lowest BCUT2D eigenvalue weighted by Crippen LogP contribution is -2.06. The van der Waals surface area contributed by atoms with Gasteiger partial charge in [-0.05, 0) is 38.1 Å². The first-order chi connectivity index (χ1) is 11.1. The van der Waals surface area contributed by atoms with Crippen LogP contribution in [0.25, 0.3) is 11.3 Å². The molecule has 0 spiro atoms. The monoisotopic (exact) mass is 318 g/mol. The molecule has 0 N–H and O–H groups in total. The topological polar surface area (TPSA) is 75.0 Å². The molecule has 0 saturated carbocycles. The van der Waals surface area contributed by atoms with Crippen LogP contribution in [0.1, 0.15) is 34.8 Å². The highest BCUT2D eigenvalue weighted by atomic mass is 16.5. The molecule has 0 unspecified atom stereocenters. The van der Waals surface area contributed by atoms with E-state index in [0.29, 0.717) is 42.3 Å². The molecule has 1 heterocycles. The lowest BCUT2D eigenvalue weighted by molar-refractivity contribution is 0.0600. The summed E-state index contributed by atoms with van der Waals surface area (Å²) in [6, 6.07) is 6.34. The Morgan fingerprint density at radius 1 is 1.13 bits per heavy atom. The molecule has 1 aromatic carbocycles. The zero-order valence-electron chi connectivity index (χ0n) is 13.3. The van der Waals surface area contributed by atoms with Crippen LogP contribution in [0.5, 0.6) is 11.5 Å². The summed E-state index contributed by atoms with van der Waals surface area (Å²) in [5, 5.41) is 0. The largest absolute Gasteiger partial charge is 0.490 e. The molecule has 6 heteroatoms. The molecule has 0 radical (unpaired) electrons. The smallest absolute Gasteiger partial charge is 0.338 e. The summed E-state index contributed by atoms with van der Waals surface area (Å²) in [7, 11) is 1.29. The molecule has 0 aliphatic carbocycles. The van der Waals surface area contributed by atoms with Gasteiger partial charge in [-0.2, -0.15) is 0 Å². The Morgan fingerprint density at radius 3 is 2.30 bits per heavy atom.